The molecule has 3 nitrogen and oxygen atoms in total. The lowest BCUT2D eigenvalue weighted by molar-refractivity contribution is 0.228. The molecule has 0 atom stereocenters. The fourth-order valence-corrected chi connectivity index (χ4v) is 3.58. The smallest absolute Gasteiger partial charge is 0.287 e. The normalized spacial score (nSPS) is 10.3. The van der Waals surface area contributed by atoms with Gasteiger partial charge in [-0.15, -0.1) is 12.4 Å². The van der Waals surface area contributed by atoms with Gasteiger partial charge in [0.05, 0.1) is 5.52 Å². The Balaban J connectivity index is 0.00000225. The summed E-state index contributed by atoms with van der Waals surface area (Å²) in [6.07, 6.45) is 0. The first-order valence-electron chi connectivity index (χ1n) is 8.15. The van der Waals surface area contributed by atoms with Crippen molar-refractivity contribution in [3.05, 3.63) is 60.7 Å². The lowest BCUT2D eigenvalue weighted by atomic mass is 10.0. The van der Waals surface area contributed by atoms with Gasteiger partial charge in [-0.25, -0.2) is 4.98 Å². The fourth-order valence-electron chi connectivity index (χ4n) is 2.70. The number of aromatic nitrogens is 1. The van der Waals surface area contributed by atoms with E-state index in [4.69, 9.17) is 0 Å². The summed E-state index contributed by atoms with van der Waals surface area (Å²) in [6, 6.07) is 20.3. The van der Waals surface area contributed by atoms with Gasteiger partial charge in [0.15, 0.2) is 0 Å². The highest BCUT2D eigenvalue weighted by molar-refractivity contribution is 8.13. The summed E-state index contributed by atoms with van der Waals surface area (Å²) in [5.74, 6) is 0. The number of benzene rings is 2. The number of amides is 1. The average Bonchev–Trinajstić information content (AvgIpc) is 2.63. The van der Waals surface area contributed by atoms with Gasteiger partial charge in [0.25, 0.3) is 5.24 Å². The van der Waals surface area contributed by atoms with Crippen LogP contribution in [0.15, 0.2) is 65.7 Å². The average molecular weight is 373 g/mol. The molecule has 0 bridgehead atoms. The number of thioether (sulfide) groups is 1. The molecule has 0 saturated heterocycles. The van der Waals surface area contributed by atoms with Gasteiger partial charge in [0.1, 0.15) is 5.03 Å². The molecule has 1 heterocycles. The fraction of sp³-hybridized carbons (Fsp3) is 0.200. The van der Waals surface area contributed by atoms with Crippen LogP contribution in [0, 0.1) is 0 Å². The highest BCUT2D eigenvalue weighted by Gasteiger charge is 2.15. The molecular weight excluding hydrogens is 352 g/mol. The molecule has 0 aliphatic rings. The minimum Gasteiger partial charge on any atom is -0.334 e. The van der Waals surface area contributed by atoms with Crippen molar-refractivity contribution in [2.24, 2.45) is 0 Å². The number of nitrogens with zero attached hydrogens (tertiary/aromatic N) is 2. The summed E-state index contributed by atoms with van der Waals surface area (Å²) in [4.78, 5) is 18.9. The molecule has 0 aliphatic carbocycles. The lowest BCUT2D eigenvalue weighted by Crippen LogP contribution is -2.26. The molecule has 5 heteroatoms. The number of para-hydroxylation sites is 1. The summed E-state index contributed by atoms with van der Waals surface area (Å²) < 4.78 is 0. The molecule has 0 N–H and O–H groups in total. The molecule has 3 aromatic rings. The van der Waals surface area contributed by atoms with Crippen LogP contribution in [-0.4, -0.2) is 28.2 Å². The van der Waals surface area contributed by atoms with Crippen LogP contribution in [0.1, 0.15) is 13.8 Å². The molecule has 130 valence electrons. The minimum atomic E-state index is 0. The van der Waals surface area contributed by atoms with Crippen molar-refractivity contribution in [3.8, 4) is 11.1 Å². The van der Waals surface area contributed by atoms with E-state index in [0.717, 1.165) is 27.1 Å². The van der Waals surface area contributed by atoms with Gasteiger partial charge in [-0.3, -0.25) is 4.79 Å². The van der Waals surface area contributed by atoms with E-state index in [1.54, 1.807) is 0 Å². The Morgan fingerprint density at radius 3 is 2.32 bits per heavy atom. The van der Waals surface area contributed by atoms with Gasteiger partial charge < -0.3 is 4.90 Å². The van der Waals surface area contributed by atoms with E-state index in [-0.39, 0.29) is 17.6 Å². The largest absolute Gasteiger partial charge is 0.334 e. The molecule has 1 aromatic heterocycles. The van der Waals surface area contributed by atoms with Crippen LogP contribution >= 0.6 is 24.2 Å². The second kappa shape index (κ2) is 8.88. The number of rotatable bonds is 4. The van der Waals surface area contributed by atoms with Crippen LogP contribution in [0.3, 0.4) is 0 Å². The molecule has 0 saturated carbocycles. The first-order chi connectivity index (χ1) is 11.7. The van der Waals surface area contributed by atoms with E-state index < -0.39 is 0 Å². The Morgan fingerprint density at radius 1 is 1.00 bits per heavy atom. The van der Waals surface area contributed by atoms with E-state index in [9.17, 15) is 4.79 Å². The number of hydrogen-bond donors (Lipinski definition) is 0. The van der Waals surface area contributed by atoms with Gasteiger partial charge in [0.2, 0.25) is 0 Å². The number of halogens is 1. The van der Waals surface area contributed by atoms with Crippen molar-refractivity contribution >= 4 is 40.3 Å². The van der Waals surface area contributed by atoms with Crippen molar-refractivity contribution in [1.29, 1.82) is 0 Å². The predicted octanol–water partition coefficient (Wildman–Crippen LogP) is 5.88. The quantitative estimate of drug-likeness (QED) is 0.536. The Labute approximate surface area is 158 Å². The molecule has 0 unspecified atom stereocenters. The van der Waals surface area contributed by atoms with Crippen molar-refractivity contribution in [2.75, 3.05) is 13.1 Å². The van der Waals surface area contributed by atoms with Crippen LogP contribution in [0.4, 0.5) is 4.79 Å². The summed E-state index contributed by atoms with van der Waals surface area (Å²) in [5, 5.41) is 1.88. The third kappa shape index (κ3) is 4.33. The first-order valence-corrected chi connectivity index (χ1v) is 8.96. The Hall–Kier alpha value is -2.04. The third-order valence-corrected chi connectivity index (χ3v) is 4.84. The van der Waals surface area contributed by atoms with E-state index in [0.29, 0.717) is 13.1 Å². The van der Waals surface area contributed by atoms with E-state index in [1.807, 2.05) is 61.2 Å². The van der Waals surface area contributed by atoms with Gasteiger partial charge >= 0.3 is 0 Å². The molecule has 2 aromatic carbocycles. The Bertz CT molecular complexity index is 851. The summed E-state index contributed by atoms with van der Waals surface area (Å²) in [7, 11) is 0. The second-order valence-electron chi connectivity index (χ2n) is 5.43. The first kappa shape index (κ1) is 19.3. The lowest BCUT2D eigenvalue weighted by Gasteiger charge is -2.17. The zero-order valence-corrected chi connectivity index (χ0v) is 15.9. The predicted molar refractivity (Wildman–Crippen MR) is 109 cm³/mol. The molecule has 3 rings (SSSR count). The third-order valence-electron chi connectivity index (χ3n) is 3.99. The van der Waals surface area contributed by atoms with Gasteiger partial charge in [0, 0.05) is 18.5 Å². The highest BCUT2D eigenvalue weighted by atomic mass is 35.5. The molecule has 0 fully saturated rings. The van der Waals surface area contributed by atoms with Gasteiger partial charge in [-0.05, 0) is 48.9 Å². The van der Waals surface area contributed by atoms with Crippen LogP contribution < -0.4 is 0 Å². The van der Waals surface area contributed by atoms with Crippen LogP contribution in [-0.2, 0) is 0 Å². The maximum absolute atomic E-state index is 12.4. The van der Waals surface area contributed by atoms with Crippen LogP contribution in [0.25, 0.3) is 22.0 Å². The SMILES string of the molecule is CCN(CC)C(=O)Sc1cc(-c2ccccc2)c2ccccc2n1.Cl. The maximum Gasteiger partial charge on any atom is 0.287 e. The van der Waals surface area contributed by atoms with E-state index >= 15 is 0 Å². The number of fused-ring (bicyclic) bond motifs is 1. The molecular formula is C20H21ClN2OS. The number of hydrogen-bond acceptors (Lipinski definition) is 3. The summed E-state index contributed by atoms with van der Waals surface area (Å²) >= 11 is 1.20. The van der Waals surface area contributed by atoms with Crippen molar-refractivity contribution in [3.63, 3.8) is 0 Å². The zero-order valence-electron chi connectivity index (χ0n) is 14.3. The van der Waals surface area contributed by atoms with Gasteiger partial charge in [-0.1, -0.05) is 48.5 Å². The molecule has 1 amide bonds. The number of pyridine rings is 1. The second-order valence-corrected chi connectivity index (χ2v) is 6.40. The minimum absolute atomic E-state index is 0. The summed E-state index contributed by atoms with van der Waals surface area (Å²) in [5.41, 5.74) is 3.15. The zero-order chi connectivity index (χ0) is 16.9. The van der Waals surface area contributed by atoms with E-state index in [2.05, 4.69) is 23.2 Å². The Kier molecular flexibility index (Phi) is 6.85. The number of carbonyl (C=O) groups is 1. The Morgan fingerprint density at radius 2 is 1.64 bits per heavy atom. The molecule has 0 spiro atoms. The van der Waals surface area contributed by atoms with Crippen LogP contribution in [0.5, 0.6) is 0 Å². The van der Waals surface area contributed by atoms with Crippen molar-refractivity contribution in [2.45, 2.75) is 18.9 Å². The molecule has 0 aliphatic heterocycles. The monoisotopic (exact) mass is 372 g/mol. The van der Waals surface area contributed by atoms with E-state index in [1.165, 1.54) is 11.8 Å². The van der Waals surface area contributed by atoms with Crippen LogP contribution in [0.2, 0.25) is 0 Å². The standard InChI is InChI=1S/C20H20N2OS.ClH/c1-3-22(4-2)20(23)24-19-14-17(15-10-6-5-7-11-15)16-12-8-9-13-18(16)21-19;/h5-14H,3-4H2,1-2H3;1H. The number of carbonyl (C=O) groups excluding carboxylic acids is 1. The summed E-state index contributed by atoms with van der Waals surface area (Å²) in [6.45, 7) is 5.40. The van der Waals surface area contributed by atoms with Gasteiger partial charge in [-0.2, -0.15) is 0 Å². The highest BCUT2D eigenvalue weighted by Crippen LogP contribution is 2.32. The molecule has 25 heavy (non-hydrogen) atoms. The van der Waals surface area contributed by atoms with Crippen molar-refractivity contribution in [1.82, 2.24) is 9.88 Å². The topological polar surface area (TPSA) is 33.2 Å². The maximum atomic E-state index is 12.4. The van der Waals surface area contributed by atoms with Crippen molar-refractivity contribution < 1.29 is 4.79 Å². The molecule has 0 radical (unpaired) electrons.